The molecule has 0 saturated carbocycles. The van der Waals surface area contributed by atoms with Gasteiger partial charge in [0.05, 0.1) is 22.7 Å². The van der Waals surface area contributed by atoms with Gasteiger partial charge >= 0.3 is 0 Å². The van der Waals surface area contributed by atoms with Gasteiger partial charge in [0, 0.05) is 52.3 Å². The first kappa shape index (κ1) is 17.8. The number of carbonyl (C=O) groups excluding carboxylic acids is 1. The van der Waals surface area contributed by atoms with Crippen molar-refractivity contribution in [2.75, 3.05) is 38.1 Å². The Bertz CT molecular complexity index is 813. The molecule has 1 saturated heterocycles. The fourth-order valence-electron chi connectivity index (χ4n) is 2.98. The van der Waals surface area contributed by atoms with Crippen LogP contribution < -0.4 is 10.2 Å². The lowest BCUT2D eigenvalue weighted by atomic mass is 10.1. The van der Waals surface area contributed by atoms with Gasteiger partial charge in [0.25, 0.3) is 11.6 Å². The maximum atomic E-state index is 12.2. The molecule has 1 amide bonds. The van der Waals surface area contributed by atoms with Gasteiger partial charge in [-0.15, -0.1) is 0 Å². The summed E-state index contributed by atoms with van der Waals surface area (Å²) in [5.41, 5.74) is 0.910. The molecule has 3 rings (SSSR count). The van der Waals surface area contributed by atoms with E-state index >= 15 is 0 Å². The number of carbonyl (C=O) groups is 1. The third kappa shape index (κ3) is 3.80. The number of hydrogen-bond acceptors (Lipinski definition) is 8. The predicted molar refractivity (Wildman–Crippen MR) is 93.0 cm³/mol. The van der Waals surface area contributed by atoms with Gasteiger partial charge in [-0.1, -0.05) is 5.16 Å². The standard InChI is InChI=1S/C16H20N6O4/c1-11-18-15(19-26-11)10-20-5-7-21(8-6-20)14-4-3-12(22(24)25)9-13(14)16(23)17-2/h3-4,9H,5-8,10H2,1-2H3,(H,17,23). The van der Waals surface area contributed by atoms with Crippen molar-refractivity contribution in [3.8, 4) is 0 Å². The van der Waals surface area contributed by atoms with Crippen molar-refractivity contribution in [1.82, 2.24) is 20.4 Å². The van der Waals surface area contributed by atoms with Gasteiger partial charge in [0.2, 0.25) is 5.89 Å². The zero-order valence-electron chi connectivity index (χ0n) is 14.6. The summed E-state index contributed by atoms with van der Waals surface area (Å²) in [5, 5.41) is 17.5. The molecule has 0 unspecified atom stereocenters. The summed E-state index contributed by atoms with van der Waals surface area (Å²) in [4.78, 5) is 31.1. The largest absolute Gasteiger partial charge is 0.368 e. The Labute approximate surface area is 149 Å². The van der Waals surface area contributed by atoms with Crippen molar-refractivity contribution in [1.29, 1.82) is 0 Å². The Morgan fingerprint density at radius 3 is 2.65 bits per heavy atom. The number of piperazine rings is 1. The van der Waals surface area contributed by atoms with Gasteiger partial charge in [-0.25, -0.2) is 0 Å². The molecule has 0 aliphatic carbocycles. The number of nitro groups is 1. The number of rotatable bonds is 5. The van der Waals surface area contributed by atoms with E-state index in [-0.39, 0.29) is 11.6 Å². The molecular weight excluding hydrogens is 340 g/mol. The van der Waals surface area contributed by atoms with E-state index in [1.54, 1.807) is 13.0 Å². The van der Waals surface area contributed by atoms with Crippen LogP contribution in [0.25, 0.3) is 0 Å². The van der Waals surface area contributed by atoms with E-state index in [1.165, 1.54) is 19.2 Å². The minimum atomic E-state index is -0.499. The highest BCUT2D eigenvalue weighted by Crippen LogP contribution is 2.26. The SMILES string of the molecule is CNC(=O)c1cc([N+](=O)[O-])ccc1N1CCN(Cc2noc(C)n2)CC1. The van der Waals surface area contributed by atoms with Gasteiger partial charge in [0.15, 0.2) is 5.82 Å². The molecule has 2 heterocycles. The molecule has 138 valence electrons. The van der Waals surface area contributed by atoms with Crippen molar-refractivity contribution >= 4 is 17.3 Å². The Hall–Kier alpha value is -3.01. The normalized spacial score (nSPS) is 15.1. The van der Waals surface area contributed by atoms with E-state index in [2.05, 4.69) is 25.3 Å². The smallest absolute Gasteiger partial charge is 0.270 e. The van der Waals surface area contributed by atoms with Crippen LogP contribution in [0.1, 0.15) is 22.1 Å². The van der Waals surface area contributed by atoms with Crippen molar-refractivity contribution in [2.24, 2.45) is 0 Å². The molecule has 10 heteroatoms. The van der Waals surface area contributed by atoms with Gasteiger partial charge in [0.1, 0.15) is 0 Å². The molecule has 26 heavy (non-hydrogen) atoms. The van der Waals surface area contributed by atoms with Crippen LogP contribution in [0.15, 0.2) is 22.7 Å². The van der Waals surface area contributed by atoms with E-state index in [0.717, 1.165) is 13.1 Å². The molecule has 0 spiro atoms. The first-order chi connectivity index (χ1) is 12.5. The van der Waals surface area contributed by atoms with Crippen molar-refractivity contribution < 1.29 is 14.2 Å². The number of aromatic nitrogens is 2. The highest BCUT2D eigenvalue weighted by molar-refractivity contribution is 6.00. The monoisotopic (exact) mass is 360 g/mol. The summed E-state index contributed by atoms with van der Waals surface area (Å²) < 4.78 is 4.98. The van der Waals surface area contributed by atoms with Gasteiger partial charge in [-0.2, -0.15) is 4.98 Å². The number of nitrogens with zero attached hydrogens (tertiary/aromatic N) is 5. The topological polar surface area (TPSA) is 118 Å². The number of non-ortho nitro benzene ring substituents is 1. The molecule has 2 aromatic rings. The molecular formula is C16H20N6O4. The van der Waals surface area contributed by atoms with Crippen LogP contribution in [0.3, 0.4) is 0 Å². The van der Waals surface area contributed by atoms with Crippen molar-refractivity contribution in [2.45, 2.75) is 13.5 Å². The van der Waals surface area contributed by atoms with E-state index in [9.17, 15) is 14.9 Å². The van der Waals surface area contributed by atoms with Crippen molar-refractivity contribution in [3.05, 3.63) is 45.6 Å². The fourth-order valence-corrected chi connectivity index (χ4v) is 2.98. The maximum absolute atomic E-state index is 12.2. The molecule has 1 N–H and O–H groups in total. The molecule has 10 nitrogen and oxygen atoms in total. The summed E-state index contributed by atoms with van der Waals surface area (Å²) in [6.45, 7) is 5.27. The minimum Gasteiger partial charge on any atom is -0.368 e. The number of benzene rings is 1. The Morgan fingerprint density at radius 2 is 2.08 bits per heavy atom. The van der Waals surface area contributed by atoms with E-state index in [0.29, 0.717) is 42.6 Å². The fraction of sp³-hybridized carbons (Fsp3) is 0.438. The second-order valence-electron chi connectivity index (χ2n) is 6.03. The first-order valence-electron chi connectivity index (χ1n) is 8.25. The quantitative estimate of drug-likeness (QED) is 0.619. The summed E-state index contributed by atoms with van der Waals surface area (Å²) in [5.74, 6) is 0.852. The second kappa shape index (κ2) is 7.48. The molecule has 1 aromatic heterocycles. The third-order valence-corrected chi connectivity index (χ3v) is 4.31. The first-order valence-corrected chi connectivity index (χ1v) is 8.25. The Morgan fingerprint density at radius 1 is 1.35 bits per heavy atom. The lowest BCUT2D eigenvalue weighted by Crippen LogP contribution is -2.46. The zero-order valence-corrected chi connectivity index (χ0v) is 14.6. The molecule has 0 radical (unpaired) electrons. The van der Waals surface area contributed by atoms with Crippen LogP contribution in [0.2, 0.25) is 0 Å². The molecule has 1 aliphatic heterocycles. The number of amides is 1. The summed E-state index contributed by atoms with van der Waals surface area (Å²) in [6.07, 6.45) is 0. The number of anilines is 1. The minimum absolute atomic E-state index is 0.0986. The summed E-state index contributed by atoms with van der Waals surface area (Å²) >= 11 is 0. The lowest BCUT2D eigenvalue weighted by Gasteiger charge is -2.36. The molecule has 0 atom stereocenters. The molecule has 1 fully saturated rings. The van der Waals surface area contributed by atoms with Crippen LogP contribution in [-0.4, -0.2) is 59.1 Å². The van der Waals surface area contributed by atoms with E-state index in [4.69, 9.17) is 4.52 Å². The molecule has 0 bridgehead atoms. The maximum Gasteiger partial charge on any atom is 0.270 e. The number of nitrogens with one attached hydrogen (secondary N) is 1. The zero-order chi connectivity index (χ0) is 18.7. The highest BCUT2D eigenvalue weighted by atomic mass is 16.6. The molecule has 1 aromatic carbocycles. The number of nitro benzene ring substituents is 1. The summed E-state index contributed by atoms with van der Waals surface area (Å²) in [7, 11) is 1.51. The average Bonchev–Trinajstić information content (AvgIpc) is 3.06. The van der Waals surface area contributed by atoms with Gasteiger partial charge in [-0.3, -0.25) is 19.8 Å². The van der Waals surface area contributed by atoms with Crippen LogP contribution in [0.4, 0.5) is 11.4 Å². The number of aryl methyl sites for hydroxylation is 1. The second-order valence-corrected chi connectivity index (χ2v) is 6.03. The number of hydrogen-bond donors (Lipinski definition) is 1. The molecule has 1 aliphatic rings. The Balaban J connectivity index is 1.72. The van der Waals surface area contributed by atoms with Crippen molar-refractivity contribution in [3.63, 3.8) is 0 Å². The third-order valence-electron chi connectivity index (χ3n) is 4.31. The van der Waals surface area contributed by atoms with Gasteiger partial charge < -0.3 is 14.7 Å². The van der Waals surface area contributed by atoms with Crippen LogP contribution in [0.5, 0.6) is 0 Å². The van der Waals surface area contributed by atoms with E-state index in [1.807, 2.05) is 0 Å². The average molecular weight is 360 g/mol. The summed E-state index contributed by atoms with van der Waals surface area (Å²) in [6, 6.07) is 4.39. The predicted octanol–water partition coefficient (Wildman–Crippen LogP) is 0.968. The highest BCUT2D eigenvalue weighted by Gasteiger charge is 2.24. The van der Waals surface area contributed by atoms with Crippen LogP contribution in [-0.2, 0) is 6.54 Å². The van der Waals surface area contributed by atoms with Crippen LogP contribution in [0, 0.1) is 17.0 Å². The van der Waals surface area contributed by atoms with Crippen LogP contribution >= 0.6 is 0 Å². The Kier molecular flexibility index (Phi) is 5.12. The van der Waals surface area contributed by atoms with Gasteiger partial charge in [-0.05, 0) is 6.07 Å². The lowest BCUT2D eigenvalue weighted by molar-refractivity contribution is -0.384. The van der Waals surface area contributed by atoms with E-state index < -0.39 is 4.92 Å².